The van der Waals surface area contributed by atoms with E-state index in [0.29, 0.717) is 0 Å². The number of urea groups is 1. The molecule has 1 unspecified atom stereocenters. The van der Waals surface area contributed by atoms with E-state index in [1.165, 1.54) is 11.8 Å². The summed E-state index contributed by atoms with van der Waals surface area (Å²) >= 11 is 0. The standard InChI is InChI=1S/C16H26N2O6/c1-15(2,3)6-11(21)16(4)8-18(14(23)17-13(16)22)12-5-9(20)10(7-19)24-12/h9-10,12,19-20H,5-8H2,1-4H3,(H,17,22,23)/t9-,10+,12+,16?/m0/s1. The van der Waals surface area contributed by atoms with Crippen LogP contribution in [0.2, 0.25) is 0 Å². The molecule has 2 heterocycles. The fourth-order valence-electron chi connectivity index (χ4n) is 2.99. The van der Waals surface area contributed by atoms with Gasteiger partial charge in [-0.2, -0.15) is 0 Å². The molecular weight excluding hydrogens is 316 g/mol. The predicted octanol–water partition coefficient (Wildman–Crippen LogP) is 0.0180. The Morgan fingerprint density at radius 3 is 2.54 bits per heavy atom. The van der Waals surface area contributed by atoms with Crippen molar-refractivity contribution in [2.75, 3.05) is 13.2 Å². The summed E-state index contributed by atoms with van der Waals surface area (Å²) in [4.78, 5) is 38.4. The van der Waals surface area contributed by atoms with Crippen LogP contribution in [0.15, 0.2) is 0 Å². The second-order valence-electron chi connectivity index (χ2n) is 7.99. The van der Waals surface area contributed by atoms with Crippen LogP contribution in [0.3, 0.4) is 0 Å². The SMILES string of the molecule is CC(C)(C)CC(=O)C1(C)CN([C@H]2C[C@H](O)[C@@H](CO)O2)C(=O)NC1=O. The van der Waals surface area contributed by atoms with Crippen LogP contribution in [-0.2, 0) is 14.3 Å². The van der Waals surface area contributed by atoms with E-state index >= 15 is 0 Å². The maximum atomic E-state index is 12.7. The third kappa shape index (κ3) is 3.60. The second kappa shape index (κ2) is 6.42. The lowest BCUT2D eigenvalue weighted by Crippen LogP contribution is -2.64. The highest BCUT2D eigenvalue weighted by Crippen LogP contribution is 2.33. The maximum absolute atomic E-state index is 12.7. The minimum absolute atomic E-state index is 0.109. The number of nitrogens with zero attached hydrogens (tertiary/aromatic N) is 1. The van der Waals surface area contributed by atoms with Crippen LogP contribution >= 0.6 is 0 Å². The zero-order valence-electron chi connectivity index (χ0n) is 14.5. The van der Waals surface area contributed by atoms with Crippen molar-refractivity contribution in [3.63, 3.8) is 0 Å². The third-order valence-electron chi connectivity index (χ3n) is 4.51. The zero-order valence-corrected chi connectivity index (χ0v) is 14.5. The van der Waals surface area contributed by atoms with E-state index in [0.717, 1.165) is 0 Å². The number of carbonyl (C=O) groups is 3. The van der Waals surface area contributed by atoms with Gasteiger partial charge in [0.1, 0.15) is 23.5 Å². The van der Waals surface area contributed by atoms with Crippen LogP contribution in [0.5, 0.6) is 0 Å². The number of imide groups is 1. The molecule has 24 heavy (non-hydrogen) atoms. The number of carbonyl (C=O) groups excluding carboxylic acids is 3. The Hall–Kier alpha value is -1.51. The number of ketones is 1. The van der Waals surface area contributed by atoms with Crippen molar-refractivity contribution in [2.45, 2.75) is 59.0 Å². The molecule has 2 rings (SSSR count). The van der Waals surface area contributed by atoms with Crippen LogP contribution in [0.1, 0.15) is 40.5 Å². The summed E-state index contributed by atoms with van der Waals surface area (Å²) in [7, 11) is 0. The lowest BCUT2D eigenvalue weighted by atomic mass is 9.75. The quantitative estimate of drug-likeness (QED) is 0.620. The van der Waals surface area contributed by atoms with Crippen molar-refractivity contribution in [2.24, 2.45) is 10.8 Å². The zero-order chi connectivity index (χ0) is 18.3. The lowest BCUT2D eigenvalue weighted by molar-refractivity contribution is -0.148. The minimum Gasteiger partial charge on any atom is -0.394 e. The molecule has 0 aromatic heterocycles. The van der Waals surface area contributed by atoms with E-state index in [4.69, 9.17) is 9.84 Å². The van der Waals surface area contributed by atoms with Crippen LogP contribution < -0.4 is 5.32 Å². The van der Waals surface area contributed by atoms with Gasteiger partial charge in [0.05, 0.1) is 12.7 Å². The van der Waals surface area contributed by atoms with Gasteiger partial charge in [0.15, 0.2) is 0 Å². The van der Waals surface area contributed by atoms with Crippen molar-refractivity contribution >= 4 is 17.7 Å². The number of amides is 3. The Morgan fingerprint density at radius 1 is 1.42 bits per heavy atom. The molecule has 8 heteroatoms. The molecule has 0 radical (unpaired) electrons. The van der Waals surface area contributed by atoms with Crippen LogP contribution in [-0.4, -0.2) is 64.4 Å². The summed E-state index contributed by atoms with van der Waals surface area (Å²) in [6.45, 7) is 6.75. The number of Topliss-reactive ketones (excluding diaryl/α,β-unsaturated/α-hetero) is 1. The van der Waals surface area contributed by atoms with Gasteiger partial charge in [-0.15, -0.1) is 0 Å². The Bertz CT molecular complexity index is 543. The molecule has 3 amide bonds. The van der Waals surface area contributed by atoms with Gasteiger partial charge in [-0.25, -0.2) is 4.79 Å². The summed E-state index contributed by atoms with van der Waals surface area (Å²) < 4.78 is 5.48. The largest absolute Gasteiger partial charge is 0.394 e. The Balaban J connectivity index is 2.19. The molecule has 0 aromatic carbocycles. The molecule has 2 aliphatic heterocycles. The Morgan fingerprint density at radius 2 is 2.04 bits per heavy atom. The fourth-order valence-corrected chi connectivity index (χ4v) is 2.99. The van der Waals surface area contributed by atoms with Gasteiger partial charge in [0.2, 0.25) is 5.91 Å². The number of aliphatic hydroxyl groups excluding tert-OH is 2. The second-order valence-corrected chi connectivity index (χ2v) is 7.99. The molecule has 3 N–H and O–H groups in total. The van der Waals surface area contributed by atoms with E-state index in [-0.39, 0.29) is 37.2 Å². The molecular formula is C16H26N2O6. The van der Waals surface area contributed by atoms with Gasteiger partial charge in [-0.3, -0.25) is 19.8 Å². The predicted molar refractivity (Wildman–Crippen MR) is 83.8 cm³/mol. The molecule has 0 spiro atoms. The van der Waals surface area contributed by atoms with Crippen LogP contribution in [0.25, 0.3) is 0 Å². The number of ether oxygens (including phenoxy) is 1. The first-order chi connectivity index (χ1) is 11.0. The van der Waals surface area contributed by atoms with Crippen molar-refractivity contribution in [3.8, 4) is 0 Å². The smallest absolute Gasteiger partial charge is 0.326 e. The van der Waals surface area contributed by atoms with Gasteiger partial charge in [-0.1, -0.05) is 20.8 Å². The third-order valence-corrected chi connectivity index (χ3v) is 4.51. The summed E-state index contributed by atoms with van der Waals surface area (Å²) in [6.07, 6.45) is -2.14. The number of aliphatic hydroxyl groups is 2. The highest BCUT2D eigenvalue weighted by Gasteiger charge is 2.51. The Labute approximate surface area is 141 Å². The van der Waals surface area contributed by atoms with E-state index in [9.17, 15) is 19.5 Å². The normalized spacial score (nSPS) is 34.4. The fraction of sp³-hybridized carbons (Fsp3) is 0.812. The average molecular weight is 342 g/mol. The molecule has 2 saturated heterocycles. The molecule has 0 aromatic rings. The number of rotatable bonds is 4. The topological polar surface area (TPSA) is 116 Å². The summed E-state index contributed by atoms with van der Waals surface area (Å²) in [5.41, 5.74) is -1.65. The van der Waals surface area contributed by atoms with Crippen molar-refractivity contribution in [1.29, 1.82) is 0 Å². The first-order valence-corrected chi connectivity index (χ1v) is 8.07. The van der Waals surface area contributed by atoms with E-state index in [2.05, 4.69) is 5.32 Å². The van der Waals surface area contributed by atoms with Crippen LogP contribution in [0, 0.1) is 10.8 Å². The molecule has 136 valence electrons. The van der Waals surface area contributed by atoms with Gasteiger partial charge >= 0.3 is 6.03 Å². The summed E-state index contributed by atoms with van der Waals surface area (Å²) in [6, 6.07) is -0.656. The first-order valence-electron chi connectivity index (χ1n) is 8.07. The van der Waals surface area contributed by atoms with E-state index in [1.807, 2.05) is 20.8 Å². The maximum Gasteiger partial charge on any atom is 0.326 e. The monoisotopic (exact) mass is 342 g/mol. The van der Waals surface area contributed by atoms with E-state index in [1.54, 1.807) is 0 Å². The highest BCUT2D eigenvalue weighted by molar-refractivity contribution is 6.12. The van der Waals surface area contributed by atoms with Gasteiger partial charge in [0.25, 0.3) is 0 Å². The van der Waals surface area contributed by atoms with Crippen molar-refractivity contribution < 1.29 is 29.3 Å². The molecule has 2 aliphatic rings. The van der Waals surface area contributed by atoms with Crippen molar-refractivity contribution in [1.82, 2.24) is 10.2 Å². The molecule has 0 saturated carbocycles. The highest BCUT2D eigenvalue weighted by atomic mass is 16.5. The number of nitrogens with one attached hydrogen (secondary N) is 1. The average Bonchev–Trinajstić information content (AvgIpc) is 2.82. The van der Waals surface area contributed by atoms with E-state index < -0.39 is 35.8 Å². The number of hydrogen-bond donors (Lipinski definition) is 3. The summed E-state index contributed by atoms with van der Waals surface area (Å²) in [5.74, 6) is -0.863. The lowest BCUT2D eigenvalue weighted by Gasteiger charge is -2.41. The number of hydrogen-bond acceptors (Lipinski definition) is 6. The molecule has 8 nitrogen and oxygen atoms in total. The summed E-state index contributed by atoms with van der Waals surface area (Å²) in [5, 5.41) is 21.2. The van der Waals surface area contributed by atoms with Gasteiger partial charge in [-0.05, 0) is 12.3 Å². The van der Waals surface area contributed by atoms with Gasteiger partial charge < -0.3 is 14.9 Å². The molecule has 4 atom stereocenters. The molecule has 2 fully saturated rings. The molecule has 0 bridgehead atoms. The molecule has 0 aliphatic carbocycles. The van der Waals surface area contributed by atoms with Gasteiger partial charge in [0, 0.05) is 19.4 Å². The minimum atomic E-state index is -1.37. The van der Waals surface area contributed by atoms with Crippen LogP contribution in [0.4, 0.5) is 4.79 Å². The first kappa shape index (κ1) is 18.8. The Kier molecular flexibility index (Phi) is 5.03. The van der Waals surface area contributed by atoms with Crippen molar-refractivity contribution in [3.05, 3.63) is 0 Å².